The summed E-state index contributed by atoms with van der Waals surface area (Å²) >= 11 is 0. The van der Waals surface area contributed by atoms with Gasteiger partial charge < -0.3 is 14.2 Å². The maximum absolute atomic E-state index is 12.5. The van der Waals surface area contributed by atoms with Gasteiger partial charge in [-0.15, -0.1) is 0 Å². The summed E-state index contributed by atoms with van der Waals surface area (Å²) in [6.07, 6.45) is 1.23. The molecule has 3 aromatic rings. The van der Waals surface area contributed by atoms with Crippen molar-refractivity contribution in [2.24, 2.45) is 0 Å². The standard InChI is InChI=1S/C22H24N4O5/c1-2-13-25(21(27)16-30-15-17-6-4-3-5-7-17)14-12-20-23-22(24-31-20)18-8-10-19(11-9-18)26(28)29/h3-11H,2,12-16H2,1H3. The molecule has 1 heterocycles. The molecule has 9 nitrogen and oxygen atoms in total. The molecule has 1 amide bonds. The van der Waals surface area contributed by atoms with Crippen LogP contribution >= 0.6 is 0 Å². The van der Waals surface area contributed by atoms with Crippen molar-refractivity contribution in [1.82, 2.24) is 15.0 Å². The first-order chi connectivity index (χ1) is 15.1. The molecular formula is C22H24N4O5. The van der Waals surface area contributed by atoms with E-state index in [9.17, 15) is 14.9 Å². The van der Waals surface area contributed by atoms with Crippen molar-refractivity contribution in [3.8, 4) is 11.4 Å². The van der Waals surface area contributed by atoms with Gasteiger partial charge in [-0.1, -0.05) is 42.4 Å². The minimum absolute atomic E-state index is 0.00401. The number of ether oxygens (including phenoxy) is 1. The van der Waals surface area contributed by atoms with E-state index in [4.69, 9.17) is 9.26 Å². The van der Waals surface area contributed by atoms with Crippen LogP contribution in [0.25, 0.3) is 11.4 Å². The summed E-state index contributed by atoms with van der Waals surface area (Å²) in [4.78, 5) is 28.9. The number of nitro groups is 1. The second-order valence-corrected chi connectivity index (χ2v) is 6.92. The first-order valence-corrected chi connectivity index (χ1v) is 10.0. The third kappa shape index (κ3) is 6.45. The topological polar surface area (TPSA) is 112 Å². The highest BCUT2D eigenvalue weighted by Gasteiger charge is 2.16. The van der Waals surface area contributed by atoms with Gasteiger partial charge in [-0.05, 0) is 24.1 Å². The lowest BCUT2D eigenvalue weighted by molar-refractivity contribution is -0.384. The van der Waals surface area contributed by atoms with Crippen LogP contribution in [0, 0.1) is 10.1 Å². The number of carbonyl (C=O) groups excluding carboxylic acids is 1. The maximum atomic E-state index is 12.5. The quantitative estimate of drug-likeness (QED) is 0.341. The summed E-state index contributed by atoms with van der Waals surface area (Å²) in [7, 11) is 0. The van der Waals surface area contributed by atoms with Crippen LogP contribution in [-0.2, 0) is 22.6 Å². The molecule has 0 fully saturated rings. The van der Waals surface area contributed by atoms with Gasteiger partial charge in [0.1, 0.15) is 6.61 Å². The number of nitrogens with zero attached hydrogens (tertiary/aromatic N) is 4. The molecule has 0 aliphatic carbocycles. The molecule has 0 N–H and O–H groups in total. The molecule has 162 valence electrons. The van der Waals surface area contributed by atoms with Gasteiger partial charge >= 0.3 is 0 Å². The Morgan fingerprint density at radius 3 is 2.55 bits per heavy atom. The largest absolute Gasteiger partial charge is 0.367 e. The average molecular weight is 424 g/mol. The summed E-state index contributed by atoms with van der Waals surface area (Å²) in [6.45, 7) is 3.44. The van der Waals surface area contributed by atoms with Gasteiger partial charge in [-0.25, -0.2) is 0 Å². The van der Waals surface area contributed by atoms with Gasteiger partial charge in [0, 0.05) is 37.2 Å². The van der Waals surface area contributed by atoms with Crippen LogP contribution in [0.3, 0.4) is 0 Å². The zero-order chi connectivity index (χ0) is 22.1. The maximum Gasteiger partial charge on any atom is 0.269 e. The summed E-state index contributed by atoms with van der Waals surface area (Å²) in [5, 5.41) is 14.7. The highest BCUT2D eigenvalue weighted by Crippen LogP contribution is 2.20. The van der Waals surface area contributed by atoms with E-state index >= 15 is 0 Å². The Kier molecular flexibility index (Phi) is 7.83. The van der Waals surface area contributed by atoms with Crippen molar-refractivity contribution in [3.05, 3.63) is 76.2 Å². The fourth-order valence-corrected chi connectivity index (χ4v) is 2.99. The van der Waals surface area contributed by atoms with E-state index in [1.54, 1.807) is 17.0 Å². The van der Waals surface area contributed by atoms with Crippen LogP contribution in [0.2, 0.25) is 0 Å². The number of nitro benzene ring substituents is 1. The number of hydrogen-bond acceptors (Lipinski definition) is 7. The van der Waals surface area contributed by atoms with Crippen LogP contribution in [-0.4, -0.2) is 45.6 Å². The number of amides is 1. The molecule has 0 aliphatic heterocycles. The lowest BCUT2D eigenvalue weighted by atomic mass is 10.2. The van der Waals surface area contributed by atoms with Crippen LogP contribution in [0.5, 0.6) is 0 Å². The first kappa shape index (κ1) is 22.1. The van der Waals surface area contributed by atoms with E-state index in [1.165, 1.54) is 12.1 Å². The van der Waals surface area contributed by atoms with Gasteiger partial charge in [0.2, 0.25) is 17.6 Å². The summed E-state index contributed by atoms with van der Waals surface area (Å²) in [5.74, 6) is 0.657. The van der Waals surface area contributed by atoms with Crippen LogP contribution in [0.15, 0.2) is 59.1 Å². The number of non-ortho nitro benzene ring substituents is 1. The summed E-state index contributed by atoms with van der Waals surface area (Å²) in [5.41, 5.74) is 1.63. The van der Waals surface area contributed by atoms with Crippen molar-refractivity contribution in [2.75, 3.05) is 19.7 Å². The van der Waals surface area contributed by atoms with Gasteiger partial charge in [-0.3, -0.25) is 14.9 Å². The van der Waals surface area contributed by atoms with Gasteiger partial charge in [-0.2, -0.15) is 4.98 Å². The van der Waals surface area contributed by atoms with E-state index < -0.39 is 4.92 Å². The molecule has 0 saturated heterocycles. The Bertz CT molecular complexity index is 989. The molecule has 9 heteroatoms. The average Bonchev–Trinajstić information content (AvgIpc) is 3.26. The van der Waals surface area contributed by atoms with E-state index in [2.05, 4.69) is 10.1 Å². The van der Waals surface area contributed by atoms with E-state index in [1.807, 2.05) is 37.3 Å². The Morgan fingerprint density at radius 1 is 1.13 bits per heavy atom. The molecule has 0 atom stereocenters. The molecule has 0 aliphatic rings. The highest BCUT2D eigenvalue weighted by molar-refractivity contribution is 5.77. The Balaban J connectivity index is 1.52. The van der Waals surface area contributed by atoms with E-state index in [0.717, 1.165) is 12.0 Å². The third-order valence-electron chi connectivity index (χ3n) is 4.58. The number of aromatic nitrogens is 2. The predicted molar refractivity (Wildman–Crippen MR) is 113 cm³/mol. The monoisotopic (exact) mass is 424 g/mol. The minimum atomic E-state index is -0.464. The highest BCUT2D eigenvalue weighted by atomic mass is 16.6. The lowest BCUT2D eigenvalue weighted by Gasteiger charge is -2.21. The SMILES string of the molecule is CCCN(CCc1nc(-c2ccc([N+](=O)[O-])cc2)no1)C(=O)COCc1ccccc1. The normalized spacial score (nSPS) is 10.7. The van der Waals surface area contributed by atoms with Crippen molar-refractivity contribution in [2.45, 2.75) is 26.4 Å². The Morgan fingerprint density at radius 2 is 1.87 bits per heavy atom. The molecule has 0 spiro atoms. The zero-order valence-corrected chi connectivity index (χ0v) is 17.3. The van der Waals surface area contributed by atoms with Crippen molar-refractivity contribution >= 4 is 11.6 Å². The molecule has 2 aromatic carbocycles. The zero-order valence-electron chi connectivity index (χ0n) is 17.3. The second kappa shape index (κ2) is 11.0. The summed E-state index contributed by atoms with van der Waals surface area (Å²) < 4.78 is 10.8. The third-order valence-corrected chi connectivity index (χ3v) is 4.58. The molecule has 3 rings (SSSR count). The Hall–Kier alpha value is -3.59. The van der Waals surface area contributed by atoms with Crippen LogP contribution < -0.4 is 0 Å². The number of rotatable bonds is 11. The molecule has 31 heavy (non-hydrogen) atoms. The predicted octanol–water partition coefficient (Wildman–Crippen LogP) is 3.64. The number of carbonyl (C=O) groups is 1. The molecule has 1 aromatic heterocycles. The van der Waals surface area contributed by atoms with Gasteiger partial charge in [0.15, 0.2) is 0 Å². The summed E-state index contributed by atoms with van der Waals surface area (Å²) in [6, 6.07) is 15.6. The minimum Gasteiger partial charge on any atom is -0.367 e. The van der Waals surface area contributed by atoms with E-state index in [-0.39, 0.29) is 18.2 Å². The molecular weight excluding hydrogens is 400 g/mol. The molecule has 0 bridgehead atoms. The van der Waals surface area contributed by atoms with Crippen molar-refractivity contribution in [3.63, 3.8) is 0 Å². The van der Waals surface area contributed by atoms with Crippen molar-refractivity contribution in [1.29, 1.82) is 0 Å². The van der Waals surface area contributed by atoms with Crippen LogP contribution in [0.1, 0.15) is 24.8 Å². The van der Waals surface area contributed by atoms with Crippen LogP contribution in [0.4, 0.5) is 5.69 Å². The Labute approximate surface area is 179 Å². The van der Waals surface area contributed by atoms with Crippen molar-refractivity contribution < 1.29 is 19.0 Å². The lowest BCUT2D eigenvalue weighted by Crippen LogP contribution is -2.36. The molecule has 0 radical (unpaired) electrons. The fraction of sp³-hybridized carbons (Fsp3) is 0.318. The smallest absolute Gasteiger partial charge is 0.269 e. The van der Waals surface area contributed by atoms with E-state index in [0.29, 0.717) is 43.4 Å². The molecule has 0 unspecified atom stereocenters. The van der Waals surface area contributed by atoms with Gasteiger partial charge in [0.05, 0.1) is 11.5 Å². The number of hydrogen-bond donors (Lipinski definition) is 0. The first-order valence-electron chi connectivity index (χ1n) is 10.0. The number of benzene rings is 2. The second-order valence-electron chi connectivity index (χ2n) is 6.92. The molecule has 0 saturated carbocycles. The van der Waals surface area contributed by atoms with Gasteiger partial charge in [0.25, 0.3) is 5.69 Å². The fourth-order valence-electron chi connectivity index (χ4n) is 2.99.